The summed E-state index contributed by atoms with van der Waals surface area (Å²) in [6.07, 6.45) is 7.56. The summed E-state index contributed by atoms with van der Waals surface area (Å²) in [4.78, 5) is 0. The summed E-state index contributed by atoms with van der Waals surface area (Å²) in [6, 6.07) is 0. The van der Waals surface area contributed by atoms with Crippen molar-refractivity contribution in [3.05, 3.63) is 45.6 Å². The third-order valence-corrected chi connectivity index (χ3v) is 25.8. The Morgan fingerprint density at radius 2 is 1.12 bits per heavy atom. The van der Waals surface area contributed by atoms with Crippen molar-refractivity contribution >= 4 is 5.43 Å². The third-order valence-electron chi connectivity index (χ3n) is 5.67. The van der Waals surface area contributed by atoms with Crippen LogP contribution in [0, 0.1) is 0 Å². The van der Waals surface area contributed by atoms with Crippen LogP contribution in [0.25, 0.3) is 0 Å². The van der Waals surface area contributed by atoms with Crippen molar-refractivity contribution in [2.75, 3.05) is 0 Å². The summed E-state index contributed by atoms with van der Waals surface area (Å²) >= 11 is -1.62. The maximum atomic E-state index is 2.61. The normalized spacial score (nSPS) is 22.5. The molecule has 2 rings (SSSR count). The van der Waals surface area contributed by atoms with Crippen LogP contribution in [0.5, 0.6) is 0 Å². The Kier molecular flexibility index (Phi) is 10.4. The number of allylic oxidation sites excluding steroid dienone is 8. The van der Waals surface area contributed by atoms with Crippen molar-refractivity contribution < 1.29 is 45.2 Å². The number of halogens is 2. The van der Waals surface area contributed by atoms with Gasteiger partial charge in [-0.1, -0.05) is 0 Å². The van der Waals surface area contributed by atoms with Gasteiger partial charge in [0.25, 0.3) is 0 Å². The smallest absolute Gasteiger partial charge is 1.00 e. The van der Waals surface area contributed by atoms with Gasteiger partial charge in [0.05, 0.1) is 0 Å². The van der Waals surface area contributed by atoms with Gasteiger partial charge in [-0.3, -0.25) is 0 Å². The molecule has 0 aromatic rings. The molecule has 24 heavy (non-hydrogen) atoms. The van der Waals surface area contributed by atoms with Gasteiger partial charge < -0.3 is 24.8 Å². The van der Waals surface area contributed by atoms with Crippen molar-refractivity contribution in [1.82, 2.24) is 0 Å². The van der Waals surface area contributed by atoms with Gasteiger partial charge in [0.1, 0.15) is 0 Å². The molecule has 0 nitrogen and oxygen atoms in total. The maximum Gasteiger partial charge on any atom is -1.00 e. The molecule has 2 unspecified atom stereocenters. The molecule has 4 heteroatoms. The van der Waals surface area contributed by atoms with Crippen LogP contribution in [0.1, 0.15) is 54.4 Å². The number of hydrogen-bond acceptors (Lipinski definition) is 0. The average molecular weight is 463 g/mol. The summed E-state index contributed by atoms with van der Waals surface area (Å²) in [6.45, 7) is 19.5. The molecule has 0 aliphatic heterocycles. The van der Waals surface area contributed by atoms with Crippen LogP contribution in [-0.4, -0.2) is 5.43 Å². The monoisotopic (exact) mass is 460 g/mol. The summed E-state index contributed by atoms with van der Waals surface area (Å²) in [7, 11) is 0. The van der Waals surface area contributed by atoms with E-state index in [0.717, 1.165) is 7.25 Å². The molecule has 0 bridgehead atoms. The van der Waals surface area contributed by atoms with Gasteiger partial charge >= 0.3 is 146 Å². The van der Waals surface area contributed by atoms with E-state index in [0.29, 0.717) is 0 Å². The fraction of sp³-hybridized carbons (Fsp3) is 0.600. The second-order valence-electron chi connectivity index (χ2n) is 7.20. The van der Waals surface area contributed by atoms with Crippen LogP contribution in [0.2, 0.25) is 20.3 Å². The molecule has 0 amide bonds. The van der Waals surface area contributed by atoms with E-state index < -0.39 is 20.4 Å². The first kappa shape index (κ1) is 24.6. The summed E-state index contributed by atoms with van der Waals surface area (Å²) < 4.78 is 1.77. The fourth-order valence-corrected chi connectivity index (χ4v) is 26.2. The zero-order valence-corrected chi connectivity index (χ0v) is 21.4. The van der Waals surface area contributed by atoms with Gasteiger partial charge in [-0.15, -0.1) is 0 Å². The van der Waals surface area contributed by atoms with Gasteiger partial charge in [-0.25, -0.2) is 0 Å². The molecule has 0 spiro atoms. The van der Waals surface area contributed by atoms with Gasteiger partial charge in [-0.05, 0) is 0 Å². The predicted molar refractivity (Wildman–Crippen MR) is 98.5 cm³/mol. The zero-order valence-electron chi connectivity index (χ0n) is 16.5. The molecule has 0 saturated carbocycles. The first-order chi connectivity index (χ1) is 10.3. The summed E-state index contributed by atoms with van der Waals surface area (Å²) in [5, 5.41) is 0. The molecule has 0 radical (unpaired) electrons. The Morgan fingerprint density at radius 3 is 1.38 bits per heavy atom. The second-order valence-corrected chi connectivity index (χ2v) is 25.1. The van der Waals surface area contributed by atoms with Crippen LogP contribution in [0.15, 0.2) is 45.6 Å². The second kappa shape index (κ2) is 10.1. The van der Waals surface area contributed by atoms with Crippen molar-refractivity contribution in [3.8, 4) is 0 Å². The molecule has 0 aromatic carbocycles. The molecule has 2 aliphatic carbocycles. The molecular formula is C20H32Cl2SiZr. The Balaban J connectivity index is 0.00000264. The Hall–Kier alpha value is 0.640. The fourth-order valence-electron chi connectivity index (χ4n) is 4.18. The molecule has 0 heterocycles. The van der Waals surface area contributed by atoms with E-state index in [2.05, 4.69) is 66.8 Å². The summed E-state index contributed by atoms with van der Waals surface area (Å²) in [5.41, 5.74) is 9.94. The third kappa shape index (κ3) is 4.48. The minimum Gasteiger partial charge on any atom is -1.00 e. The predicted octanol–water partition coefficient (Wildman–Crippen LogP) is 0.814. The molecule has 2 aliphatic rings. The van der Waals surface area contributed by atoms with Crippen molar-refractivity contribution in [2.24, 2.45) is 0 Å². The SMILES string of the molecule is CCC1=CC(C)=C(C)[CH]1[Zr+2]([CH]1C(CC)=CC(C)=C1C)=[Si](C)C.[Cl-].[Cl-]. The molecule has 0 aromatic heterocycles. The Bertz CT molecular complexity index is 597. The number of rotatable bonds is 4. The van der Waals surface area contributed by atoms with Gasteiger partial charge in [0, 0.05) is 0 Å². The van der Waals surface area contributed by atoms with Crippen molar-refractivity contribution in [3.63, 3.8) is 0 Å². The van der Waals surface area contributed by atoms with E-state index in [1.54, 1.807) is 33.4 Å². The largest absolute Gasteiger partial charge is 1.00 e. The average Bonchev–Trinajstić information content (AvgIpc) is 2.91. The van der Waals surface area contributed by atoms with E-state index >= 15 is 0 Å². The van der Waals surface area contributed by atoms with E-state index in [9.17, 15) is 0 Å². The zero-order chi connectivity index (χ0) is 16.6. The molecule has 2 atom stereocenters. The van der Waals surface area contributed by atoms with Crippen LogP contribution in [0.4, 0.5) is 0 Å². The minimum atomic E-state index is -1.62. The van der Waals surface area contributed by atoms with Gasteiger partial charge in [0.15, 0.2) is 0 Å². The van der Waals surface area contributed by atoms with E-state index in [1.165, 1.54) is 12.8 Å². The molecule has 0 saturated heterocycles. The Labute approximate surface area is 170 Å². The minimum absolute atomic E-state index is 0. The number of hydrogen-bond donors (Lipinski definition) is 0. The van der Waals surface area contributed by atoms with Gasteiger partial charge in [0.2, 0.25) is 0 Å². The topological polar surface area (TPSA) is 0 Å². The molecule has 134 valence electrons. The maximum absolute atomic E-state index is 2.61. The molecule has 0 fully saturated rings. The van der Waals surface area contributed by atoms with Crippen LogP contribution in [-0.2, 0) is 20.4 Å². The first-order valence-electron chi connectivity index (χ1n) is 8.76. The Morgan fingerprint density at radius 1 is 0.792 bits per heavy atom. The standard InChI is InChI=1S/2C9H13.C2H6Si.2ClH.Zr/c2*1-4-9-5-7(2)8(3)6-9;1-3-2;;;/h2*5-6H,4H2,1-3H3;1-2H3;2*1H;/q;;;;;+2/p-2. The van der Waals surface area contributed by atoms with Crippen LogP contribution >= 0.6 is 0 Å². The first-order valence-corrected chi connectivity index (χ1v) is 17.8. The van der Waals surface area contributed by atoms with Crippen LogP contribution in [0.3, 0.4) is 0 Å². The van der Waals surface area contributed by atoms with Crippen LogP contribution < -0.4 is 24.8 Å². The van der Waals surface area contributed by atoms with Crippen molar-refractivity contribution in [2.45, 2.75) is 74.7 Å². The van der Waals surface area contributed by atoms with E-state index in [4.69, 9.17) is 0 Å². The summed E-state index contributed by atoms with van der Waals surface area (Å²) in [5.74, 6) is 0. The van der Waals surface area contributed by atoms with E-state index in [-0.39, 0.29) is 30.2 Å². The molecular weight excluding hydrogens is 430 g/mol. The van der Waals surface area contributed by atoms with E-state index in [1.807, 2.05) is 0 Å². The van der Waals surface area contributed by atoms with Crippen molar-refractivity contribution in [1.29, 1.82) is 0 Å². The molecule has 0 N–H and O–H groups in total. The quantitative estimate of drug-likeness (QED) is 0.543. The van der Waals surface area contributed by atoms with Gasteiger partial charge in [-0.2, -0.15) is 0 Å².